The predicted octanol–water partition coefficient (Wildman–Crippen LogP) is 1.07. The lowest BCUT2D eigenvalue weighted by Gasteiger charge is -2.08. The highest BCUT2D eigenvalue weighted by molar-refractivity contribution is 8.00. The summed E-state index contributed by atoms with van der Waals surface area (Å²) in [6.45, 7) is 3.80. The summed E-state index contributed by atoms with van der Waals surface area (Å²) in [5.74, 6) is 1.79. The van der Waals surface area contributed by atoms with Gasteiger partial charge in [0.2, 0.25) is 0 Å². The van der Waals surface area contributed by atoms with Crippen molar-refractivity contribution in [2.45, 2.75) is 25.3 Å². The largest absolute Gasteiger partial charge is 0.383 e. The van der Waals surface area contributed by atoms with Crippen LogP contribution in [0.15, 0.2) is 5.03 Å². The molecule has 0 fully saturated rings. The number of aryl methyl sites for hydroxylation is 1. The van der Waals surface area contributed by atoms with Crippen LogP contribution in [0.5, 0.6) is 0 Å². The minimum absolute atomic E-state index is 0.141. The van der Waals surface area contributed by atoms with E-state index in [0.717, 1.165) is 10.6 Å². The third kappa shape index (κ3) is 4.51. The fraction of sp³-hybridized carbons (Fsp3) is 0.600. The van der Waals surface area contributed by atoms with Gasteiger partial charge in [0.25, 0.3) is 0 Å². The second kappa shape index (κ2) is 5.68. The summed E-state index contributed by atoms with van der Waals surface area (Å²) >= 11 is 1.41. The van der Waals surface area contributed by atoms with E-state index in [9.17, 15) is 8.42 Å². The van der Waals surface area contributed by atoms with Crippen LogP contribution in [0.2, 0.25) is 0 Å². The summed E-state index contributed by atoms with van der Waals surface area (Å²) in [6, 6.07) is 0. The minimum atomic E-state index is -2.93. The topological polar surface area (TPSA) is 85.9 Å². The first-order chi connectivity index (χ1) is 7.83. The van der Waals surface area contributed by atoms with Crippen LogP contribution in [-0.4, -0.2) is 36.1 Å². The molecule has 2 N–H and O–H groups in total. The van der Waals surface area contributed by atoms with Gasteiger partial charge in [0, 0.05) is 24.0 Å². The van der Waals surface area contributed by atoms with Crippen molar-refractivity contribution in [3.63, 3.8) is 0 Å². The van der Waals surface area contributed by atoms with Gasteiger partial charge in [0.05, 0.1) is 5.75 Å². The first-order valence-electron chi connectivity index (χ1n) is 5.27. The highest BCUT2D eigenvalue weighted by Crippen LogP contribution is 2.23. The molecule has 17 heavy (non-hydrogen) atoms. The van der Waals surface area contributed by atoms with Gasteiger partial charge in [-0.25, -0.2) is 18.4 Å². The molecular formula is C10H17N3O2S2. The Morgan fingerprint density at radius 3 is 2.53 bits per heavy atom. The number of hydrogen-bond acceptors (Lipinski definition) is 6. The Morgan fingerprint density at radius 2 is 2.00 bits per heavy atom. The molecule has 0 bridgehead atoms. The molecule has 0 aliphatic heterocycles. The lowest BCUT2D eigenvalue weighted by atomic mass is 10.3. The zero-order valence-corrected chi connectivity index (χ0v) is 11.9. The number of aromatic nitrogens is 2. The molecule has 7 heteroatoms. The number of thioether (sulfide) groups is 1. The fourth-order valence-corrected chi connectivity index (χ4v) is 3.38. The van der Waals surface area contributed by atoms with Crippen molar-refractivity contribution in [1.29, 1.82) is 0 Å². The number of hydrogen-bond donors (Lipinski definition) is 1. The maximum absolute atomic E-state index is 11.0. The van der Waals surface area contributed by atoms with Gasteiger partial charge in [0.15, 0.2) is 0 Å². The van der Waals surface area contributed by atoms with E-state index in [1.807, 2.05) is 13.8 Å². The highest BCUT2D eigenvalue weighted by Gasteiger charge is 2.10. The molecule has 1 aromatic rings. The first-order valence-corrected chi connectivity index (χ1v) is 8.31. The minimum Gasteiger partial charge on any atom is -0.383 e. The summed E-state index contributed by atoms with van der Waals surface area (Å²) in [5.41, 5.74) is 6.59. The monoisotopic (exact) mass is 275 g/mol. The highest BCUT2D eigenvalue weighted by atomic mass is 32.2. The Kier molecular flexibility index (Phi) is 4.76. The quantitative estimate of drug-likeness (QED) is 0.639. The Labute approximate surface area is 106 Å². The molecule has 0 aromatic carbocycles. The van der Waals surface area contributed by atoms with Gasteiger partial charge in [-0.3, -0.25) is 0 Å². The smallest absolute Gasteiger partial charge is 0.148 e. The number of nitrogens with two attached hydrogens (primary N) is 1. The summed E-state index contributed by atoms with van der Waals surface area (Å²) in [7, 11) is -2.93. The van der Waals surface area contributed by atoms with Crippen LogP contribution in [0.3, 0.4) is 0 Å². The molecule has 0 saturated heterocycles. The van der Waals surface area contributed by atoms with E-state index >= 15 is 0 Å². The van der Waals surface area contributed by atoms with Crippen LogP contribution in [0, 0.1) is 6.92 Å². The average Bonchev–Trinajstić information content (AvgIpc) is 2.22. The molecule has 1 heterocycles. The molecule has 0 amide bonds. The number of nitrogen functional groups attached to an aromatic ring is 1. The zero-order chi connectivity index (χ0) is 13.1. The van der Waals surface area contributed by atoms with Crippen molar-refractivity contribution in [2.24, 2.45) is 0 Å². The molecule has 96 valence electrons. The van der Waals surface area contributed by atoms with E-state index in [1.54, 1.807) is 0 Å². The van der Waals surface area contributed by atoms with Crippen molar-refractivity contribution >= 4 is 27.4 Å². The van der Waals surface area contributed by atoms with Gasteiger partial charge in [-0.1, -0.05) is 6.92 Å². The van der Waals surface area contributed by atoms with Gasteiger partial charge >= 0.3 is 0 Å². The summed E-state index contributed by atoms with van der Waals surface area (Å²) in [4.78, 5) is 8.49. The van der Waals surface area contributed by atoms with Gasteiger partial charge in [-0.2, -0.15) is 0 Å². The van der Waals surface area contributed by atoms with Crippen LogP contribution in [0.25, 0.3) is 0 Å². The molecule has 0 aliphatic rings. The number of anilines is 1. The molecule has 0 spiro atoms. The lowest BCUT2D eigenvalue weighted by molar-refractivity contribution is 0.603. The van der Waals surface area contributed by atoms with Crippen molar-refractivity contribution in [2.75, 3.05) is 23.5 Å². The van der Waals surface area contributed by atoms with E-state index in [0.29, 0.717) is 23.8 Å². The maximum Gasteiger partial charge on any atom is 0.148 e. The van der Waals surface area contributed by atoms with Gasteiger partial charge in [-0.15, -0.1) is 11.8 Å². The van der Waals surface area contributed by atoms with E-state index in [2.05, 4.69) is 9.97 Å². The number of rotatable bonds is 5. The third-order valence-corrected chi connectivity index (χ3v) is 4.48. The normalized spacial score (nSPS) is 11.7. The molecule has 0 atom stereocenters. The second-order valence-corrected chi connectivity index (χ2v) is 7.13. The maximum atomic E-state index is 11.0. The molecule has 5 nitrogen and oxygen atoms in total. The van der Waals surface area contributed by atoms with Crippen LogP contribution >= 0.6 is 11.8 Å². The van der Waals surface area contributed by atoms with Crippen LogP contribution in [0.4, 0.5) is 5.82 Å². The van der Waals surface area contributed by atoms with E-state index in [4.69, 9.17) is 5.73 Å². The molecule has 0 aliphatic carbocycles. The molecular weight excluding hydrogens is 258 g/mol. The van der Waals surface area contributed by atoms with Gasteiger partial charge in [-0.05, 0) is 6.92 Å². The number of nitrogens with zero attached hydrogens (tertiary/aromatic N) is 2. The fourth-order valence-electron chi connectivity index (χ4n) is 1.15. The second-order valence-electron chi connectivity index (χ2n) is 3.79. The van der Waals surface area contributed by atoms with Crippen LogP contribution in [0.1, 0.15) is 18.3 Å². The molecule has 1 rings (SSSR count). The van der Waals surface area contributed by atoms with Crippen molar-refractivity contribution < 1.29 is 8.42 Å². The molecule has 0 saturated carbocycles. The van der Waals surface area contributed by atoms with E-state index in [-0.39, 0.29) is 5.75 Å². The van der Waals surface area contributed by atoms with Gasteiger partial charge < -0.3 is 5.73 Å². The van der Waals surface area contributed by atoms with Crippen LogP contribution in [-0.2, 0) is 16.3 Å². The Bertz CT molecular complexity index is 501. The Hall–Kier alpha value is -0.820. The lowest BCUT2D eigenvalue weighted by Crippen LogP contribution is -2.07. The van der Waals surface area contributed by atoms with Crippen LogP contribution < -0.4 is 5.73 Å². The third-order valence-electron chi connectivity index (χ3n) is 2.19. The Morgan fingerprint density at radius 1 is 1.35 bits per heavy atom. The van der Waals surface area contributed by atoms with Crippen molar-refractivity contribution in [3.05, 3.63) is 11.4 Å². The summed E-state index contributed by atoms with van der Waals surface area (Å²) in [6.07, 6.45) is 1.94. The van der Waals surface area contributed by atoms with E-state index < -0.39 is 9.84 Å². The SMILES string of the molecule is CCc1nc(N)c(C)c(SCCS(C)(=O)=O)n1. The Balaban J connectivity index is 2.80. The predicted molar refractivity (Wildman–Crippen MR) is 71.0 cm³/mol. The first kappa shape index (κ1) is 14.2. The standard InChI is InChI=1S/C10H17N3O2S2/c1-4-8-12-9(11)7(2)10(13-8)16-5-6-17(3,14)15/h4-6H2,1-3H3,(H2,11,12,13). The summed E-state index contributed by atoms with van der Waals surface area (Å²) in [5, 5.41) is 0.776. The molecule has 0 unspecified atom stereocenters. The summed E-state index contributed by atoms with van der Waals surface area (Å²) < 4.78 is 22.1. The molecule has 0 radical (unpaired) electrons. The van der Waals surface area contributed by atoms with E-state index in [1.165, 1.54) is 18.0 Å². The zero-order valence-electron chi connectivity index (χ0n) is 10.2. The van der Waals surface area contributed by atoms with Crippen molar-refractivity contribution in [1.82, 2.24) is 9.97 Å². The van der Waals surface area contributed by atoms with Gasteiger partial charge in [0.1, 0.15) is 26.5 Å². The molecule has 1 aromatic heterocycles. The van der Waals surface area contributed by atoms with Crippen molar-refractivity contribution in [3.8, 4) is 0 Å². The number of sulfone groups is 1. The average molecular weight is 275 g/mol.